The van der Waals surface area contributed by atoms with Crippen molar-refractivity contribution in [2.45, 2.75) is 32.1 Å². The third kappa shape index (κ3) is 2.98. The summed E-state index contributed by atoms with van der Waals surface area (Å²) in [5, 5.41) is 3.74. The average molecular weight is 301 g/mol. The van der Waals surface area contributed by atoms with Crippen molar-refractivity contribution in [2.24, 2.45) is 0 Å². The molecule has 1 amide bonds. The molecule has 1 aromatic carbocycles. The molecule has 1 N–H and O–H groups in total. The van der Waals surface area contributed by atoms with Crippen molar-refractivity contribution in [1.29, 1.82) is 0 Å². The van der Waals surface area contributed by atoms with Gasteiger partial charge in [0.2, 0.25) is 5.91 Å². The van der Waals surface area contributed by atoms with Crippen molar-refractivity contribution >= 4 is 22.8 Å². The first-order valence-corrected chi connectivity index (χ1v) is 7.53. The molecule has 5 heteroatoms. The summed E-state index contributed by atoms with van der Waals surface area (Å²) in [7, 11) is 1.33. The normalized spacial score (nSPS) is 13.1. The SMILES string of the molecule is COC(=O)CCNC(=O)Cc1coc2cc3c(cc12)CCC3. The van der Waals surface area contributed by atoms with Gasteiger partial charge in [0.15, 0.2) is 0 Å². The minimum Gasteiger partial charge on any atom is -0.469 e. The fourth-order valence-electron chi connectivity index (χ4n) is 2.93. The lowest BCUT2D eigenvalue weighted by molar-refractivity contribution is -0.140. The molecule has 0 spiro atoms. The number of carbonyl (C=O) groups excluding carboxylic acids is 2. The molecular weight excluding hydrogens is 282 g/mol. The Kier molecular flexibility index (Phi) is 4.13. The zero-order valence-corrected chi connectivity index (χ0v) is 12.6. The van der Waals surface area contributed by atoms with Crippen LogP contribution in [0, 0.1) is 0 Å². The van der Waals surface area contributed by atoms with Gasteiger partial charge in [0.05, 0.1) is 26.2 Å². The Morgan fingerprint density at radius 3 is 2.82 bits per heavy atom. The molecule has 0 saturated carbocycles. The molecule has 22 heavy (non-hydrogen) atoms. The first kappa shape index (κ1) is 14.6. The largest absolute Gasteiger partial charge is 0.469 e. The highest BCUT2D eigenvalue weighted by Gasteiger charge is 2.16. The minimum absolute atomic E-state index is 0.118. The summed E-state index contributed by atoms with van der Waals surface area (Å²) >= 11 is 0. The van der Waals surface area contributed by atoms with Crippen LogP contribution in [-0.2, 0) is 33.6 Å². The van der Waals surface area contributed by atoms with Gasteiger partial charge >= 0.3 is 5.97 Å². The molecule has 0 fully saturated rings. The standard InChI is InChI=1S/C17H19NO4/c1-21-17(20)5-6-18-16(19)9-13-10-22-15-8-12-4-2-3-11(12)7-14(13)15/h7-8,10H,2-6,9H2,1H3,(H,18,19). The van der Waals surface area contributed by atoms with Gasteiger partial charge in [-0.05, 0) is 42.5 Å². The Morgan fingerprint density at radius 1 is 1.27 bits per heavy atom. The number of carbonyl (C=O) groups is 2. The molecule has 0 unspecified atom stereocenters. The Labute approximate surface area is 128 Å². The van der Waals surface area contributed by atoms with Gasteiger partial charge in [0.1, 0.15) is 5.58 Å². The molecular formula is C17H19NO4. The quantitative estimate of drug-likeness (QED) is 0.859. The Bertz CT molecular complexity index is 717. The highest BCUT2D eigenvalue weighted by atomic mass is 16.5. The van der Waals surface area contributed by atoms with Gasteiger partial charge in [0, 0.05) is 17.5 Å². The molecule has 0 bridgehead atoms. The number of benzene rings is 1. The molecule has 0 aliphatic heterocycles. The van der Waals surface area contributed by atoms with Crippen LogP contribution in [0.25, 0.3) is 11.0 Å². The molecule has 1 aliphatic rings. The Balaban J connectivity index is 1.66. The molecule has 1 aromatic heterocycles. The number of amides is 1. The van der Waals surface area contributed by atoms with Gasteiger partial charge in [-0.1, -0.05) is 0 Å². The van der Waals surface area contributed by atoms with Crippen LogP contribution in [0.15, 0.2) is 22.8 Å². The summed E-state index contributed by atoms with van der Waals surface area (Å²) in [6.45, 7) is 0.288. The zero-order chi connectivity index (χ0) is 15.5. The smallest absolute Gasteiger partial charge is 0.307 e. The van der Waals surface area contributed by atoms with E-state index in [4.69, 9.17) is 4.42 Å². The lowest BCUT2D eigenvalue weighted by Crippen LogP contribution is -2.27. The lowest BCUT2D eigenvalue weighted by atomic mass is 10.0. The third-order valence-electron chi connectivity index (χ3n) is 4.10. The Morgan fingerprint density at radius 2 is 2.05 bits per heavy atom. The van der Waals surface area contributed by atoms with Gasteiger partial charge in [-0.3, -0.25) is 9.59 Å². The average Bonchev–Trinajstić information content (AvgIpc) is 3.11. The van der Waals surface area contributed by atoms with E-state index in [-0.39, 0.29) is 31.3 Å². The van der Waals surface area contributed by atoms with Crippen LogP contribution in [0.3, 0.4) is 0 Å². The van der Waals surface area contributed by atoms with Gasteiger partial charge in [0.25, 0.3) is 0 Å². The molecule has 1 aliphatic carbocycles. The van der Waals surface area contributed by atoms with Gasteiger partial charge in [-0.2, -0.15) is 0 Å². The molecule has 0 saturated heterocycles. The van der Waals surface area contributed by atoms with Gasteiger partial charge < -0.3 is 14.5 Å². The fourth-order valence-corrected chi connectivity index (χ4v) is 2.93. The van der Waals surface area contributed by atoms with Crippen LogP contribution in [0.2, 0.25) is 0 Å². The van der Waals surface area contributed by atoms with Crippen LogP contribution < -0.4 is 5.32 Å². The number of ether oxygens (including phenoxy) is 1. The predicted molar refractivity (Wildman–Crippen MR) is 81.6 cm³/mol. The maximum atomic E-state index is 12.0. The second kappa shape index (κ2) is 6.22. The van der Waals surface area contributed by atoms with E-state index in [1.54, 1.807) is 6.26 Å². The number of hydrogen-bond acceptors (Lipinski definition) is 4. The second-order valence-corrected chi connectivity index (χ2v) is 5.58. The monoisotopic (exact) mass is 301 g/mol. The number of methoxy groups -OCH3 is 1. The van der Waals surface area contributed by atoms with E-state index in [0.717, 1.165) is 29.4 Å². The fraction of sp³-hybridized carbons (Fsp3) is 0.412. The van der Waals surface area contributed by atoms with E-state index in [1.807, 2.05) is 0 Å². The Hall–Kier alpha value is -2.30. The highest BCUT2D eigenvalue weighted by Crippen LogP contribution is 2.30. The maximum absolute atomic E-state index is 12.0. The number of nitrogens with one attached hydrogen (secondary N) is 1. The predicted octanol–water partition coefficient (Wildman–Crippen LogP) is 2.14. The number of furan rings is 1. The van der Waals surface area contributed by atoms with Crippen molar-refractivity contribution in [3.8, 4) is 0 Å². The van der Waals surface area contributed by atoms with E-state index in [2.05, 4.69) is 22.2 Å². The molecule has 1 heterocycles. The van der Waals surface area contributed by atoms with Crippen LogP contribution in [0.4, 0.5) is 0 Å². The minimum atomic E-state index is -0.329. The first-order valence-electron chi connectivity index (χ1n) is 7.53. The summed E-state index contributed by atoms with van der Waals surface area (Å²) in [5.41, 5.74) is 4.45. The van der Waals surface area contributed by atoms with Crippen LogP contribution in [-0.4, -0.2) is 25.5 Å². The van der Waals surface area contributed by atoms with E-state index in [0.29, 0.717) is 0 Å². The first-order chi connectivity index (χ1) is 10.7. The van der Waals surface area contributed by atoms with Crippen LogP contribution in [0.5, 0.6) is 0 Å². The molecule has 5 nitrogen and oxygen atoms in total. The van der Waals surface area contributed by atoms with Gasteiger partial charge in [-0.25, -0.2) is 0 Å². The van der Waals surface area contributed by atoms with E-state index >= 15 is 0 Å². The van der Waals surface area contributed by atoms with Crippen molar-refractivity contribution in [2.75, 3.05) is 13.7 Å². The summed E-state index contributed by atoms with van der Waals surface area (Å²) in [6, 6.07) is 4.24. The van der Waals surface area contributed by atoms with Gasteiger partial charge in [-0.15, -0.1) is 0 Å². The molecule has 116 valence electrons. The van der Waals surface area contributed by atoms with Crippen molar-refractivity contribution < 1.29 is 18.7 Å². The lowest BCUT2D eigenvalue weighted by Gasteiger charge is -2.04. The second-order valence-electron chi connectivity index (χ2n) is 5.58. The van der Waals surface area contributed by atoms with E-state index in [1.165, 1.54) is 24.7 Å². The van der Waals surface area contributed by atoms with Crippen LogP contribution >= 0.6 is 0 Å². The number of rotatable bonds is 5. The number of hydrogen-bond donors (Lipinski definition) is 1. The summed E-state index contributed by atoms with van der Waals surface area (Å²) in [5.74, 6) is -0.447. The summed E-state index contributed by atoms with van der Waals surface area (Å²) in [6.07, 6.45) is 5.48. The molecule has 2 aromatic rings. The highest BCUT2D eigenvalue weighted by molar-refractivity contribution is 5.88. The topological polar surface area (TPSA) is 68.5 Å². The number of fused-ring (bicyclic) bond motifs is 2. The van der Waals surface area contributed by atoms with E-state index in [9.17, 15) is 9.59 Å². The zero-order valence-electron chi connectivity index (χ0n) is 12.6. The molecule has 3 rings (SSSR count). The summed E-state index contributed by atoms with van der Waals surface area (Å²) < 4.78 is 10.1. The summed E-state index contributed by atoms with van der Waals surface area (Å²) in [4.78, 5) is 23.0. The van der Waals surface area contributed by atoms with Crippen molar-refractivity contribution in [3.05, 3.63) is 35.1 Å². The van der Waals surface area contributed by atoms with Crippen molar-refractivity contribution in [1.82, 2.24) is 5.32 Å². The third-order valence-corrected chi connectivity index (χ3v) is 4.10. The maximum Gasteiger partial charge on any atom is 0.307 e. The molecule has 0 atom stereocenters. The van der Waals surface area contributed by atoms with E-state index < -0.39 is 0 Å². The number of aryl methyl sites for hydroxylation is 2. The van der Waals surface area contributed by atoms with Crippen LogP contribution in [0.1, 0.15) is 29.5 Å². The van der Waals surface area contributed by atoms with Crippen molar-refractivity contribution in [3.63, 3.8) is 0 Å². The number of esters is 1. The molecule has 0 radical (unpaired) electrons.